The van der Waals surface area contributed by atoms with Crippen LogP contribution in [0.4, 0.5) is 5.13 Å². The number of rotatable bonds is 6. The first-order valence-corrected chi connectivity index (χ1v) is 8.10. The maximum Gasteiger partial charge on any atom is 0.230 e. The van der Waals surface area contributed by atoms with Crippen molar-refractivity contribution in [3.8, 4) is 11.5 Å². The second-order valence-electron chi connectivity index (χ2n) is 5.35. The van der Waals surface area contributed by atoms with Crippen molar-refractivity contribution in [3.05, 3.63) is 23.3 Å². The van der Waals surface area contributed by atoms with Crippen LogP contribution in [0.5, 0.6) is 0 Å². The third-order valence-electron chi connectivity index (χ3n) is 3.36. The van der Waals surface area contributed by atoms with Crippen molar-refractivity contribution in [2.75, 3.05) is 5.32 Å². The average molecular weight is 373 g/mol. The van der Waals surface area contributed by atoms with Crippen molar-refractivity contribution >= 4 is 40.7 Å². The number of halogens is 1. The van der Waals surface area contributed by atoms with E-state index < -0.39 is 0 Å². The molecule has 24 heavy (non-hydrogen) atoms. The Morgan fingerprint density at radius 3 is 2.71 bits per heavy atom. The molecule has 0 saturated heterocycles. The molecule has 2 aromatic rings. The number of furan rings is 1. The van der Waals surface area contributed by atoms with Crippen LogP contribution in [0.25, 0.3) is 11.5 Å². The van der Waals surface area contributed by atoms with Crippen LogP contribution in [-0.4, -0.2) is 22.8 Å². The predicted molar refractivity (Wildman–Crippen MR) is 96.0 cm³/mol. The van der Waals surface area contributed by atoms with Gasteiger partial charge in [-0.15, -0.1) is 23.7 Å². The summed E-state index contributed by atoms with van der Waals surface area (Å²) in [5.41, 5.74) is 6.35. The van der Waals surface area contributed by atoms with E-state index in [1.165, 1.54) is 18.3 Å². The third kappa shape index (κ3) is 5.33. The van der Waals surface area contributed by atoms with E-state index in [0.717, 1.165) is 0 Å². The largest absolute Gasteiger partial charge is 0.458 e. The number of amides is 2. The van der Waals surface area contributed by atoms with Crippen molar-refractivity contribution in [1.82, 2.24) is 10.3 Å². The standard InChI is InChI=1S/C15H20N4O3S.ClH/c1-8(9(2)16)14(21)19-15-18-12(7-23-15)13-5-4-11(22-13)6-17-10(3)20;/h4-5,7-9H,6,16H2,1-3H3,(H,17,20)(H,18,19,21);1H. The smallest absolute Gasteiger partial charge is 0.230 e. The van der Waals surface area contributed by atoms with Gasteiger partial charge in [0.25, 0.3) is 0 Å². The average Bonchev–Trinajstić information content (AvgIpc) is 3.12. The Morgan fingerprint density at radius 2 is 2.08 bits per heavy atom. The summed E-state index contributed by atoms with van der Waals surface area (Å²) in [4.78, 5) is 27.2. The molecule has 2 rings (SSSR count). The first kappa shape index (κ1) is 20.1. The fourth-order valence-corrected chi connectivity index (χ4v) is 2.43. The number of thiazole rings is 1. The molecule has 9 heteroatoms. The minimum atomic E-state index is -0.296. The molecule has 2 atom stereocenters. The van der Waals surface area contributed by atoms with Crippen molar-refractivity contribution in [2.24, 2.45) is 11.7 Å². The van der Waals surface area contributed by atoms with E-state index in [-0.39, 0.29) is 36.2 Å². The van der Waals surface area contributed by atoms with Crippen LogP contribution in [0.1, 0.15) is 26.5 Å². The van der Waals surface area contributed by atoms with Crippen LogP contribution >= 0.6 is 23.7 Å². The summed E-state index contributed by atoms with van der Waals surface area (Å²) < 4.78 is 5.62. The lowest BCUT2D eigenvalue weighted by Gasteiger charge is -2.13. The van der Waals surface area contributed by atoms with Gasteiger partial charge in [0.15, 0.2) is 10.9 Å². The minimum absolute atomic E-state index is 0. The second-order valence-corrected chi connectivity index (χ2v) is 6.21. The molecule has 7 nitrogen and oxygen atoms in total. The molecular weight excluding hydrogens is 352 g/mol. The molecule has 0 aliphatic rings. The number of anilines is 1. The van der Waals surface area contributed by atoms with Gasteiger partial charge in [0.1, 0.15) is 11.5 Å². The molecule has 0 aliphatic carbocycles. The van der Waals surface area contributed by atoms with Gasteiger partial charge in [0.05, 0.1) is 12.5 Å². The Labute approximate surface area is 150 Å². The van der Waals surface area contributed by atoms with Crippen LogP contribution in [0.15, 0.2) is 21.9 Å². The summed E-state index contributed by atoms with van der Waals surface area (Å²) in [5.74, 6) is 0.647. The fourth-order valence-electron chi connectivity index (χ4n) is 1.72. The van der Waals surface area contributed by atoms with E-state index in [4.69, 9.17) is 10.2 Å². The molecule has 2 unspecified atom stereocenters. The summed E-state index contributed by atoms with van der Waals surface area (Å²) in [7, 11) is 0. The number of carbonyl (C=O) groups is 2. The van der Waals surface area contributed by atoms with Crippen LogP contribution in [0, 0.1) is 5.92 Å². The molecule has 2 heterocycles. The molecule has 0 radical (unpaired) electrons. The van der Waals surface area contributed by atoms with Crippen LogP contribution in [-0.2, 0) is 16.1 Å². The van der Waals surface area contributed by atoms with E-state index in [2.05, 4.69) is 15.6 Å². The summed E-state index contributed by atoms with van der Waals surface area (Å²) in [6, 6.07) is 3.33. The highest BCUT2D eigenvalue weighted by molar-refractivity contribution is 7.14. The van der Waals surface area contributed by atoms with Gasteiger partial charge in [-0.3, -0.25) is 9.59 Å². The summed E-state index contributed by atoms with van der Waals surface area (Å²) in [5, 5.41) is 7.71. The van der Waals surface area contributed by atoms with Gasteiger partial charge in [-0.2, -0.15) is 0 Å². The second kappa shape index (κ2) is 8.81. The molecule has 2 amide bonds. The molecule has 132 valence electrons. The normalized spacial score (nSPS) is 12.8. The van der Waals surface area contributed by atoms with Crippen molar-refractivity contribution in [1.29, 1.82) is 0 Å². The highest BCUT2D eigenvalue weighted by Crippen LogP contribution is 2.27. The Bertz CT molecular complexity index is 698. The van der Waals surface area contributed by atoms with E-state index >= 15 is 0 Å². The SMILES string of the molecule is CC(=O)NCc1ccc(-c2csc(NC(=O)C(C)C(C)N)n2)o1.Cl. The van der Waals surface area contributed by atoms with E-state index in [9.17, 15) is 9.59 Å². The van der Waals surface area contributed by atoms with E-state index in [1.54, 1.807) is 31.4 Å². The lowest BCUT2D eigenvalue weighted by atomic mass is 10.0. The van der Waals surface area contributed by atoms with Crippen molar-refractivity contribution in [3.63, 3.8) is 0 Å². The maximum atomic E-state index is 12.0. The lowest BCUT2D eigenvalue weighted by molar-refractivity contribution is -0.120. The Balaban J connectivity index is 0.00000288. The number of hydrogen-bond donors (Lipinski definition) is 3. The molecule has 2 aromatic heterocycles. The number of aromatic nitrogens is 1. The Kier molecular flexibility index (Phi) is 7.40. The van der Waals surface area contributed by atoms with Gasteiger partial charge in [0.2, 0.25) is 11.8 Å². The van der Waals surface area contributed by atoms with Crippen molar-refractivity contribution < 1.29 is 14.0 Å². The van der Waals surface area contributed by atoms with Gasteiger partial charge < -0.3 is 20.8 Å². The van der Waals surface area contributed by atoms with Gasteiger partial charge in [-0.25, -0.2) is 4.98 Å². The molecule has 0 fully saturated rings. The monoisotopic (exact) mass is 372 g/mol. The van der Waals surface area contributed by atoms with Crippen LogP contribution in [0.3, 0.4) is 0 Å². The van der Waals surface area contributed by atoms with Gasteiger partial charge in [-0.05, 0) is 19.1 Å². The highest BCUT2D eigenvalue weighted by atomic mass is 35.5. The van der Waals surface area contributed by atoms with Gasteiger partial charge in [-0.1, -0.05) is 6.92 Å². The summed E-state index contributed by atoms with van der Waals surface area (Å²) in [6.07, 6.45) is 0. The Hall–Kier alpha value is -1.90. The molecule has 0 spiro atoms. The van der Waals surface area contributed by atoms with Crippen LogP contribution in [0.2, 0.25) is 0 Å². The zero-order chi connectivity index (χ0) is 17.0. The molecule has 4 N–H and O–H groups in total. The zero-order valence-corrected chi connectivity index (χ0v) is 15.3. The number of hydrogen-bond acceptors (Lipinski definition) is 6. The number of nitrogens with zero attached hydrogens (tertiary/aromatic N) is 1. The number of nitrogens with one attached hydrogen (secondary N) is 2. The van der Waals surface area contributed by atoms with E-state index in [0.29, 0.717) is 28.9 Å². The van der Waals surface area contributed by atoms with Gasteiger partial charge in [0, 0.05) is 18.3 Å². The summed E-state index contributed by atoms with van der Waals surface area (Å²) in [6.45, 7) is 5.34. The number of nitrogens with two attached hydrogens (primary N) is 1. The predicted octanol–water partition coefficient (Wildman–Crippen LogP) is 2.38. The van der Waals surface area contributed by atoms with Gasteiger partial charge >= 0.3 is 0 Å². The van der Waals surface area contributed by atoms with Crippen LogP contribution < -0.4 is 16.4 Å². The number of carbonyl (C=O) groups excluding carboxylic acids is 2. The topological polar surface area (TPSA) is 110 Å². The first-order chi connectivity index (χ1) is 10.9. The third-order valence-corrected chi connectivity index (χ3v) is 4.12. The zero-order valence-electron chi connectivity index (χ0n) is 13.7. The molecule has 0 bridgehead atoms. The molecular formula is C15H21ClN4O3S. The quantitative estimate of drug-likeness (QED) is 0.721. The Morgan fingerprint density at radius 1 is 1.38 bits per heavy atom. The minimum Gasteiger partial charge on any atom is -0.458 e. The maximum absolute atomic E-state index is 12.0. The summed E-state index contributed by atoms with van der Waals surface area (Å²) >= 11 is 1.32. The first-order valence-electron chi connectivity index (χ1n) is 7.22. The fraction of sp³-hybridized carbons (Fsp3) is 0.400. The molecule has 0 aliphatic heterocycles. The lowest BCUT2D eigenvalue weighted by Crippen LogP contribution is -2.34. The van der Waals surface area contributed by atoms with Crippen molar-refractivity contribution in [2.45, 2.75) is 33.4 Å². The molecule has 0 saturated carbocycles. The molecule has 0 aromatic carbocycles. The van der Waals surface area contributed by atoms with E-state index in [1.807, 2.05) is 0 Å². The highest BCUT2D eigenvalue weighted by Gasteiger charge is 2.18.